The molecule has 21 heavy (non-hydrogen) atoms. The van der Waals surface area contributed by atoms with Gasteiger partial charge in [-0.25, -0.2) is 0 Å². The van der Waals surface area contributed by atoms with Gasteiger partial charge in [-0.1, -0.05) is 24.3 Å². The average Bonchev–Trinajstić information content (AvgIpc) is 2.72. The van der Waals surface area contributed by atoms with Gasteiger partial charge in [0, 0.05) is 26.2 Å². The summed E-state index contributed by atoms with van der Waals surface area (Å²) in [5.41, 5.74) is 2.70. The number of hydrogen-bond acceptors (Lipinski definition) is 4. The van der Waals surface area contributed by atoms with E-state index in [2.05, 4.69) is 23.1 Å². The van der Waals surface area contributed by atoms with Crippen LogP contribution in [0.4, 0.5) is 0 Å². The number of fused-ring (bicyclic) bond motifs is 1. The van der Waals surface area contributed by atoms with Crippen molar-refractivity contribution in [2.75, 3.05) is 39.4 Å². The lowest BCUT2D eigenvalue weighted by Gasteiger charge is -2.30. The molecule has 2 heterocycles. The summed E-state index contributed by atoms with van der Waals surface area (Å²) in [4.78, 5) is 16.3. The van der Waals surface area contributed by atoms with Gasteiger partial charge in [0.15, 0.2) is 0 Å². The molecule has 1 atom stereocenters. The fourth-order valence-corrected chi connectivity index (χ4v) is 3.00. The largest absolute Gasteiger partial charge is 0.389 e. The first-order chi connectivity index (χ1) is 10.2. The van der Waals surface area contributed by atoms with Crippen LogP contribution in [0.15, 0.2) is 24.3 Å². The van der Waals surface area contributed by atoms with E-state index in [9.17, 15) is 9.90 Å². The quantitative estimate of drug-likeness (QED) is 0.849. The second-order valence-corrected chi connectivity index (χ2v) is 5.80. The van der Waals surface area contributed by atoms with Crippen LogP contribution in [0, 0.1) is 0 Å². The molecule has 0 bridgehead atoms. The van der Waals surface area contributed by atoms with Gasteiger partial charge in [-0.05, 0) is 17.5 Å². The average molecular weight is 290 g/mol. The third-order valence-corrected chi connectivity index (χ3v) is 4.17. The van der Waals surface area contributed by atoms with Crippen LogP contribution in [-0.4, -0.2) is 66.3 Å². The van der Waals surface area contributed by atoms with Gasteiger partial charge >= 0.3 is 0 Å². The zero-order chi connectivity index (χ0) is 14.7. The SMILES string of the molecule is O=C(CN1CCc2ccccc2C1)N1CCOC[C@@H](O)C1. The highest BCUT2D eigenvalue weighted by Gasteiger charge is 2.24. The molecule has 1 amide bonds. The minimum Gasteiger partial charge on any atom is -0.389 e. The van der Waals surface area contributed by atoms with Gasteiger partial charge in [-0.2, -0.15) is 0 Å². The maximum Gasteiger partial charge on any atom is 0.236 e. The summed E-state index contributed by atoms with van der Waals surface area (Å²) in [6, 6.07) is 8.41. The maximum atomic E-state index is 12.4. The van der Waals surface area contributed by atoms with Gasteiger partial charge in [0.2, 0.25) is 5.91 Å². The molecule has 1 aromatic carbocycles. The Kier molecular flexibility index (Phi) is 4.53. The molecule has 3 rings (SSSR count). The molecular formula is C16H22N2O3. The van der Waals surface area contributed by atoms with Crippen LogP contribution < -0.4 is 0 Å². The molecule has 5 nitrogen and oxygen atoms in total. The van der Waals surface area contributed by atoms with E-state index >= 15 is 0 Å². The van der Waals surface area contributed by atoms with Crippen LogP contribution in [0.2, 0.25) is 0 Å². The molecule has 0 saturated carbocycles. The summed E-state index contributed by atoms with van der Waals surface area (Å²) < 4.78 is 5.27. The molecule has 2 aliphatic heterocycles. The zero-order valence-electron chi connectivity index (χ0n) is 12.2. The first-order valence-electron chi connectivity index (χ1n) is 7.55. The van der Waals surface area contributed by atoms with E-state index in [-0.39, 0.29) is 5.91 Å². The maximum absolute atomic E-state index is 12.4. The molecule has 1 fully saturated rings. The summed E-state index contributed by atoms with van der Waals surface area (Å²) in [5, 5.41) is 9.71. The van der Waals surface area contributed by atoms with Crippen molar-refractivity contribution >= 4 is 5.91 Å². The summed E-state index contributed by atoms with van der Waals surface area (Å²) in [5.74, 6) is 0.0823. The summed E-state index contributed by atoms with van der Waals surface area (Å²) >= 11 is 0. The molecule has 1 saturated heterocycles. The molecular weight excluding hydrogens is 268 g/mol. The summed E-state index contributed by atoms with van der Waals surface area (Å²) in [6.45, 7) is 3.93. The van der Waals surface area contributed by atoms with Crippen LogP contribution in [0.5, 0.6) is 0 Å². The van der Waals surface area contributed by atoms with Crippen molar-refractivity contribution in [1.29, 1.82) is 0 Å². The Balaban J connectivity index is 1.58. The molecule has 0 radical (unpaired) electrons. The van der Waals surface area contributed by atoms with E-state index in [0.29, 0.717) is 32.8 Å². The van der Waals surface area contributed by atoms with Gasteiger partial charge in [-0.3, -0.25) is 9.69 Å². The highest BCUT2D eigenvalue weighted by molar-refractivity contribution is 5.78. The van der Waals surface area contributed by atoms with Crippen molar-refractivity contribution < 1.29 is 14.6 Å². The lowest BCUT2D eigenvalue weighted by atomic mass is 10.00. The number of carbonyl (C=O) groups is 1. The van der Waals surface area contributed by atoms with E-state index < -0.39 is 6.10 Å². The minimum atomic E-state index is -0.571. The van der Waals surface area contributed by atoms with E-state index in [1.54, 1.807) is 4.90 Å². The lowest BCUT2D eigenvalue weighted by molar-refractivity contribution is -0.133. The molecule has 0 aliphatic carbocycles. The second-order valence-electron chi connectivity index (χ2n) is 5.80. The van der Waals surface area contributed by atoms with Crippen molar-refractivity contribution in [2.45, 2.75) is 19.1 Å². The number of aliphatic hydroxyl groups is 1. The van der Waals surface area contributed by atoms with E-state index in [0.717, 1.165) is 19.5 Å². The number of aliphatic hydroxyl groups excluding tert-OH is 1. The predicted octanol–water partition coefficient (Wildman–Crippen LogP) is 0.264. The Morgan fingerprint density at radius 1 is 1.29 bits per heavy atom. The fraction of sp³-hybridized carbons (Fsp3) is 0.562. The topological polar surface area (TPSA) is 53.0 Å². The van der Waals surface area contributed by atoms with Crippen LogP contribution >= 0.6 is 0 Å². The molecule has 1 N–H and O–H groups in total. The normalized spacial score (nSPS) is 23.5. The lowest BCUT2D eigenvalue weighted by Crippen LogP contribution is -2.45. The smallest absolute Gasteiger partial charge is 0.236 e. The van der Waals surface area contributed by atoms with Crippen molar-refractivity contribution in [3.63, 3.8) is 0 Å². The summed E-state index contributed by atoms with van der Waals surface area (Å²) in [6.07, 6.45) is 0.424. The van der Waals surface area contributed by atoms with Crippen LogP contribution in [-0.2, 0) is 22.5 Å². The standard InChI is InChI=1S/C16H22N2O3/c19-15-10-18(7-8-21-12-15)16(20)11-17-6-5-13-3-1-2-4-14(13)9-17/h1-4,15,19H,5-12H2/t15-/m0/s1. The third kappa shape index (κ3) is 3.61. The molecule has 2 aliphatic rings. The zero-order valence-corrected chi connectivity index (χ0v) is 12.2. The van der Waals surface area contributed by atoms with Gasteiger partial charge in [0.05, 0.1) is 25.9 Å². The predicted molar refractivity (Wildman–Crippen MR) is 78.8 cm³/mol. The third-order valence-electron chi connectivity index (χ3n) is 4.17. The minimum absolute atomic E-state index is 0.0823. The first kappa shape index (κ1) is 14.5. The van der Waals surface area contributed by atoms with Crippen LogP contribution in [0.3, 0.4) is 0 Å². The fourth-order valence-electron chi connectivity index (χ4n) is 3.00. The molecule has 0 aromatic heterocycles. The molecule has 0 unspecified atom stereocenters. The Hall–Kier alpha value is -1.43. The van der Waals surface area contributed by atoms with Crippen molar-refractivity contribution in [3.05, 3.63) is 35.4 Å². The number of β-amino-alcohol motifs (C(OH)–C–C–N with tert-alkyl or cyclic N) is 1. The highest BCUT2D eigenvalue weighted by Crippen LogP contribution is 2.18. The van der Waals surface area contributed by atoms with Gasteiger partial charge in [0.1, 0.15) is 0 Å². The Labute approximate surface area is 125 Å². The van der Waals surface area contributed by atoms with Gasteiger partial charge in [-0.15, -0.1) is 0 Å². The van der Waals surface area contributed by atoms with E-state index in [1.165, 1.54) is 11.1 Å². The van der Waals surface area contributed by atoms with Crippen molar-refractivity contribution in [2.24, 2.45) is 0 Å². The van der Waals surface area contributed by atoms with Gasteiger partial charge in [0.25, 0.3) is 0 Å². The highest BCUT2D eigenvalue weighted by atomic mass is 16.5. The van der Waals surface area contributed by atoms with E-state index in [4.69, 9.17) is 4.74 Å². The first-order valence-corrected chi connectivity index (χ1v) is 7.55. The number of nitrogens with zero attached hydrogens (tertiary/aromatic N) is 2. The summed E-state index contributed by atoms with van der Waals surface area (Å²) in [7, 11) is 0. The van der Waals surface area contributed by atoms with Crippen molar-refractivity contribution in [3.8, 4) is 0 Å². The Bertz CT molecular complexity index is 506. The van der Waals surface area contributed by atoms with Gasteiger partial charge < -0.3 is 14.7 Å². The number of hydrogen-bond donors (Lipinski definition) is 1. The number of ether oxygens (including phenoxy) is 1. The Morgan fingerprint density at radius 2 is 2.10 bits per heavy atom. The molecule has 5 heteroatoms. The Morgan fingerprint density at radius 3 is 2.95 bits per heavy atom. The number of rotatable bonds is 2. The van der Waals surface area contributed by atoms with Crippen LogP contribution in [0.25, 0.3) is 0 Å². The monoisotopic (exact) mass is 290 g/mol. The number of amides is 1. The van der Waals surface area contributed by atoms with E-state index in [1.807, 2.05) is 6.07 Å². The molecule has 0 spiro atoms. The van der Waals surface area contributed by atoms with Crippen LogP contribution in [0.1, 0.15) is 11.1 Å². The molecule has 1 aromatic rings. The number of carbonyl (C=O) groups excluding carboxylic acids is 1. The molecule has 114 valence electrons. The second kappa shape index (κ2) is 6.56. The van der Waals surface area contributed by atoms with Crippen molar-refractivity contribution in [1.82, 2.24) is 9.80 Å². The number of benzene rings is 1.